The summed E-state index contributed by atoms with van der Waals surface area (Å²) >= 11 is 6.39. The Hall–Kier alpha value is -4.01. The molecular formula is C30H22ClN3O2. The first-order valence-electron chi connectivity index (χ1n) is 11.9. The van der Waals surface area contributed by atoms with E-state index in [1.165, 1.54) is 0 Å². The van der Waals surface area contributed by atoms with Crippen LogP contribution in [0.4, 0.5) is 5.69 Å². The molecule has 176 valence electrons. The Kier molecular flexibility index (Phi) is 5.00. The lowest BCUT2D eigenvalue weighted by Gasteiger charge is -2.47. The summed E-state index contributed by atoms with van der Waals surface area (Å²) in [5.41, 5.74) is 3.57. The number of aryl methyl sites for hydroxylation is 2. The zero-order valence-corrected chi connectivity index (χ0v) is 20.3. The molecule has 3 aliphatic rings. The van der Waals surface area contributed by atoms with Crippen molar-refractivity contribution < 1.29 is 9.59 Å². The SMILES string of the molecule is Cc1ccc(C(=O)[C@H]2[C@@H]3CCc4ccccc4C3=C(C#N)C(=N)[C@]23C(=O)Nc2ccc(Cl)cc23)cc1. The Balaban J connectivity index is 1.69. The van der Waals surface area contributed by atoms with Crippen molar-refractivity contribution in [2.24, 2.45) is 11.8 Å². The largest absolute Gasteiger partial charge is 0.325 e. The third-order valence-corrected chi connectivity index (χ3v) is 8.16. The number of fused-ring (bicyclic) bond motifs is 5. The molecule has 0 saturated heterocycles. The van der Waals surface area contributed by atoms with Crippen LogP contribution in [0.25, 0.3) is 5.57 Å². The molecule has 0 aromatic heterocycles. The molecule has 3 aromatic rings. The molecular weight excluding hydrogens is 470 g/mol. The molecule has 2 N–H and O–H groups in total. The van der Waals surface area contributed by atoms with Crippen LogP contribution in [0.15, 0.2) is 72.3 Å². The number of allylic oxidation sites excluding steroid dienone is 2. The smallest absolute Gasteiger partial charge is 0.242 e. The molecule has 5 nitrogen and oxygen atoms in total. The summed E-state index contributed by atoms with van der Waals surface area (Å²) in [5, 5.41) is 23.0. The molecule has 0 radical (unpaired) electrons. The molecule has 36 heavy (non-hydrogen) atoms. The molecule has 6 heteroatoms. The fourth-order valence-corrected chi connectivity index (χ4v) is 6.52. The number of halogens is 1. The van der Waals surface area contributed by atoms with Gasteiger partial charge in [0, 0.05) is 16.3 Å². The van der Waals surface area contributed by atoms with E-state index in [0.29, 0.717) is 40.3 Å². The van der Waals surface area contributed by atoms with Gasteiger partial charge in [-0.05, 0) is 66.1 Å². The van der Waals surface area contributed by atoms with Crippen LogP contribution in [-0.2, 0) is 16.6 Å². The number of nitriles is 1. The molecule has 0 bridgehead atoms. The first-order valence-corrected chi connectivity index (χ1v) is 12.3. The van der Waals surface area contributed by atoms with Crippen LogP contribution in [0.1, 0.15) is 39.0 Å². The van der Waals surface area contributed by atoms with E-state index in [1.807, 2.05) is 43.3 Å². The third-order valence-electron chi connectivity index (χ3n) is 7.93. The van der Waals surface area contributed by atoms with Gasteiger partial charge >= 0.3 is 0 Å². The van der Waals surface area contributed by atoms with E-state index in [1.54, 1.807) is 30.3 Å². The van der Waals surface area contributed by atoms with Crippen LogP contribution >= 0.6 is 11.6 Å². The van der Waals surface area contributed by atoms with E-state index in [2.05, 4.69) is 11.4 Å². The van der Waals surface area contributed by atoms with Crippen LogP contribution in [0, 0.1) is 35.5 Å². The van der Waals surface area contributed by atoms with Crippen LogP contribution in [0.3, 0.4) is 0 Å². The molecule has 0 fully saturated rings. The number of Topliss-reactive ketones (excluding diaryl/α,β-unsaturated/α-hetero) is 1. The number of carbonyl (C=O) groups excluding carboxylic acids is 2. The van der Waals surface area contributed by atoms with E-state index in [0.717, 1.165) is 16.7 Å². The summed E-state index contributed by atoms with van der Waals surface area (Å²) < 4.78 is 0. The van der Waals surface area contributed by atoms with Gasteiger partial charge in [0.1, 0.15) is 11.5 Å². The van der Waals surface area contributed by atoms with Crippen molar-refractivity contribution in [2.45, 2.75) is 25.2 Å². The van der Waals surface area contributed by atoms with Gasteiger partial charge in [-0.3, -0.25) is 9.59 Å². The minimum Gasteiger partial charge on any atom is -0.325 e. The first-order chi connectivity index (χ1) is 17.4. The molecule has 0 saturated carbocycles. The van der Waals surface area contributed by atoms with Crippen molar-refractivity contribution in [2.75, 3.05) is 5.32 Å². The lowest BCUT2D eigenvalue weighted by molar-refractivity contribution is -0.120. The van der Waals surface area contributed by atoms with Crippen molar-refractivity contribution in [1.29, 1.82) is 10.7 Å². The molecule has 3 atom stereocenters. The predicted octanol–water partition coefficient (Wildman–Crippen LogP) is 5.91. The number of nitrogens with one attached hydrogen (secondary N) is 2. The van der Waals surface area contributed by atoms with E-state index in [-0.39, 0.29) is 17.1 Å². The van der Waals surface area contributed by atoms with Crippen LogP contribution in [-0.4, -0.2) is 17.4 Å². The van der Waals surface area contributed by atoms with E-state index < -0.39 is 23.2 Å². The zero-order chi connectivity index (χ0) is 25.2. The monoisotopic (exact) mass is 491 g/mol. The van der Waals surface area contributed by atoms with Crippen molar-refractivity contribution in [1.82, 2.24) is 0 Å². The zero-order valence-electron chi connectivity index (χ0n) is 19.6. The highest BCUT2D eigenvalue weighted by atomic mass is 35.5. The highest BCUT2D eigenvalue weighted by molar-refractivity contribution is 6.35. The maximum Gasteiger partial charge on any atom is 0.242 e. The van der Waals surface area contributed by atoms with Crippen LogP contribution in [0.2, 0.25) is 5.02 Å². The van der Waals surface area contributed by atoms with Gasteiger partial charge in [0.15, 0.2) is 5.78 Å². The van der Waals surface area contributed by atoms with Gasteiger partial charge in [-0.25, -0.2) is 0 Å². The number of hydrogen-bond donors (Lipinski definition) is 2. The van der Waals surface area contributed by atoms with Crippen LogP contribution in [0.5, 0.6) is 0 Å². The average molecular weight is 492 g/mol. The first kappa shape index (κ1) is 22.5. The molecule has 1 spiro atoms. The molecule has 1 aliphatic heterocycles. The summed E-state index contributed by atoms with van der Waals surface area (Å²) in [6, 6.07) is 22.4. The Morgan fingerprint density at radius 3 is 2.64 bits per heavy atom. The number of carbonyl (C=O) groups is 2. The van der Waals surface area contributed by atoms with Gasteiger partial charge in [-0.15, -0.1) is 0 Å². The van der Waals surface area contributed by atoms with Gasteiger partial charge in [-0.2, -0.15) is 5.26 Å². The maximum atomic E-state index is 14.4. The lowest BCUT2D eigenvalue weighted by atomic mass is 9.52. The highest BCUT2D eigenvalue weighted by Gasteiger charge is 2.64. The summed E-state index contributed by atoms with van der Waals surface area (Å²) in [4.78, 5) is 28.3. The molecule has 3 aromatic carbocycles. The normalized spacial score (nSPS) is 24.0. The Bertz CT molecular complexity index is 1560. The Labute approximate surface area is 213 Å². The Morgan fingerprint density at radius 2 is 1.89 bits per heavy atom. The number of nitrogens with zero attached hydrogens (tertiary/aromatic N) is 1. The summed E-state index contributed by atoms with van der Waals surface area (Å²) in [6.07, 6.45) is 1.31. The van der Waals surface area contributed by atoms with Crippen molar-refractivity contribution in [3.63, 3.8) is 0 Å². The summed E-state index contributed by atoms with van der Waals surface area (Å²) in [5.74, 6) is -1.97. The van der Waals surface area contributed by atoms with Crippen molar-refractivity contribution >= 4 is 40.3 Å². The fourth-order valence-electron chi connectivity index (χ4n) is 6.34. The number of hydrogen-bond acceptors (Lipinski definition) is 4. The maximum absolute atomic E-state index is 14.4. The third kappa shape index (κ3) is 2.91. The fraction of sp³-hybridized carbons (Fsp3) is 0.200. The second-order valence-corrected chi connectivity index (χ2v) is 10.2. The minimum absolute atomic E-state index is 0.142. The lowest BCUT2D eigenvalue weighted by Crippen LogP contribution is -2.57. The van der Waals surface area contributed by atoms with E-state index in [4.69, 9.17) is 11.6 Å². The Morgan fingerprint density at radius 1 is 1.14 bits per heavy atom. The molecule has 1 amide bonds. The van der Waals surface area contributed by atoms with E-state index in [9.17, 15) is 20.3 Å². The van der Waals surface area contributed by atoms with Gasteiger partial charge < -0.3 is 10.7 Å². The second kappa shape index (κ2) is 8.01. The standard InChI is InChI=1S/C30H22ClN3O2/c1-16-6-8-18(9-7-16)27(35)26-21-12-10-17-4-2-3-5-20(17)25(21)22(15-32)28(33)30(26)23-14-19(31)11-13-24(23)34-29(30)36/h2-9,11,13-14,21,26,33H,10,12H2,1H3,(H,34,36)/t21-,26-,30-/m1/s1. The molecule has 1 heterocycles. The number of ketones is 1. The molecule has 2 aliphatic carbocycles. The van der Waals surface area contributed by atoms with Gasteiger partial charge in [0.05, 0.1) is 17.2 Å². The molecule has 0 unspecified atom stereocenters. The average Bonchev–Trinajstić information content (AvgIpc) is 3.16. The summed E-state index contributed by atoms with van der Waals surface area (Å²) in [7, 11) is 0. The van der Waals surface area contributed by atoms with Gasteiger partial charge in [0.2, 0.25) is 5.91 Å². The number of anilines is 1. The van der Waals surface area contributed by atoms with E-state index >= 15 is 0 Å². The van der Waals surface area contributed by atoms with Gasteiger partial charge in [0.25, 0.3) is 0 Å². The molecule has 6 rings (SSSR count). The highest BCUT2D eigenvalue weighted by Crippen LogP contribution is 2.58. The number of amides is 1. The quantitative estimate of drug-likeness (QED) is 0.436. The van der Waals surface area contributed by atoms with Crippen molar-refractivity contribution in [3.8, 4) is 6.07 Å². The minimum atomic E-state index is -1.65. The van der Waals surface area contributed by atoms with Crippen LogP contribution < -0.4 is 5.32 Å². The predicted molar refractivity (Wildman–Crippen MR) is 139 cm³/mol. The topological polar surface area (TPSA) is 93.8 Å². The van der Waals surface area contributed by atoms with Crippen molar-refractivity contribution in [3.05, 3.63) is 105 Å². The summed E-state index contributed by atoms with van der Waals surface area (Å²) in [6.45, 7) is 1.95. The number of benzene rings is 3. The number of rotatable bonds is 2. The second-order valence-electron chi connectivity index (χ2n) is 9.74. The van der Waals surface area contributed by atoms with Gasteiger partial charge in [-0.1, -0.05) is 65.7 Å².